The van der Waals surface area contributed by atoms with Crippen molar-refractivity contribution in [3.05, 3.63) is 34.9 Å². The van der Waals surface area contributed by atoms with E-state index in [0.29, 0.717) is 24.4 Å². The number of quaternary nitrogens is 1. The first-order valence-corrected chi connectivity index (χ1v) is 9.30. The molecule has 7 nitrogen and oxygen atoms in total. The number of benzene rings is 1. The van der Waals surface area contributed by atoms with Crippen LogP contribution in [0, 0.1) is 0 Å². The van der Waals surface area contributed by atoms with Crippen molar-refractivity contribution < 1.29 is 19.3 Å². The molecule has 2 fully saturated rings. The molecule has 3 N–H and O–H groups in total. The highest BCUT2D eigenvalue weighted by Crippen LogP contribution is 2.32. The Morgan fingerprint density at radius 1 is 1.27 bits per heavy atom. The van der Waals surface area contributed by atoms with Crippen LogP contribution < -0.4 is 15.6 Å². The van der Waals surface area contributed by atoms with E-state index in [-0.39, 0.29) is 18.4 Å². The normalized spacial score (nSPS) is 20.2. The smallest absolute Gasteiger partial charge is 0.326 e. The molecule has 1 saturated heterocycles. The van der Waals surface area contributed by atoms with Gasteiger partial charge in [-0.1, -0.05) is 49.1 Å². The van der Waals surface area contributed by atoms with Crippen molar-refractivity contribution in [1.29, 1.82) is 0 Å². The van der Waals surface area contributed by atoms with Crippen molar-refractivity contribution in [3.8, 4) is 0 Å². The second-order valence-electron chi connectivity index (χ2n) is 7.15. The summed E-state index contributed by atoms with van der Waals surface area (Å²) < 4.78 is 0. The predicted octanol–water partition coefficient (Wildman–Crippen LogP) is 0.641. The molecule has 1 aromatic carbocycles. The zero-order chi connectivity index (χ0) is 18.7. The summed E-state index contributed by atoms with van der Waals surface area (Å²) in [4.78, 5) is 38.0. The number of likely N-dealkylation sites (N-methyl/N-ethyl adjacent to an activating group) is 1. The van der Waals surface area contributed by atoms with Gasteiger partial charge in [-0.05, 0) is 18.9 Å². The number of hydrogen-bond acceptors (Lipinski definition) is 3. The molecule has 1 unspecified atom stereocenters. The van der Waals surface area contributed by atoms with Crippen LogP contribution >= 0.6 is 11.6 Å². The summed E-state index contributed by atoms with van der Waals surface area (Å²) in [5.41, 5.74) is 2.57. The first-order valence-electron chi connectivity index (χ1n) is 8.92. The monoisotopic (exact) mass is 379 g/mol. The Bertz CT molecular complexity index is 718. The molecule has 8 heteroatoms. The molecule has 3 rings (SSSR count). The molecule has 140 valence electrons. The molecule has 0 radical (unpaired) electrons. The summed E-state index contributed by atoms with van der Waals surface area (Å²) in [5.74, 6) is -0.731. The van der Waals surface area contributed by atoms with E-state index >= 15 is 0 Å². The van der Waals surface area contributed by atoms with Crippen LogP contribution in [0.4, 0.5) is 4.79 Å². The Balaban J connectivity index is 1.57. The second kappa shape index (κ2) is 7.63. The van der Waals surface area contributed by atoms with Crippen molar-refractivity contribution in [3.63, 3.8) is 0 Å². The third-order valence-corrected chi connectivity index (χ3v) is 5.39. The fourth-order valence-electron chi connectivity index (χ4n) is 3.68. The highest BCUT2D eigenvalue weighted by molar-refractivity contribution is 6.31. The molecule has 0 bridgehead atoms. The van der Waals surface area contributed by atoms with E-state index < -0.39 is 11.6 Å². The van der Waals surface area contributed by atoms with Crippen LogP contribution in [0.2, 0.25) is 5.02 Å². The van der Waals surface area contributed by atoms with Crippen molar-refractivity contribution in [1.82, 2.24) is 15.8 Å². The number of urea groups is 1. The molecule has 1 spiro atoms. The van der Waals surface area contributed by atoms with E-state index in [9.17, 15) is 14.4 Å². The Morgan fingerprint density at radius 2 is 1.96 bits per heavy atom. The number of nitrogens with zero attached hydrogens (tertiary/aromatic N) is 1. The van der Waals surface area contributed by atoms with Gasteiger partial charge in [0, 0.05) is 10.6 Å². The molecule has 1 atom stereocenters. The topological polar surface area (TPSA) is 82.9 Å². The highest BCUT2D eigenvalue weighted by Gasteiger charge is 2.52. The lowest BCUT2D eigenvalue weighted by molar-refractivity contribution is -0.885. The molecule has 4 amide bonds. The molecule has 1 saturated carbocycles. The molecule has 1 aliphatic carbocycles. The van der Waals surface area contributed by atoms with Crippen molar-refractivity contribution in [2.75, 3.05) is 13.6 Å². The van der Waals surface area contributed by atoms with Crippen LogP contribution in [0.5, 0.6) is 0 Å². The average molecular weight is 380 g/mol. The van der Waals surface area contributed by atoms with Gasteiger partial charge in [0.2, 0.25) is 0 Å². The van der Waals surface area contributed by atoms with Gasteiger partial charge in [0.1, 0.15) is 12.1 Å². The van der Waals surface area contributed by atoms with E-state index in [1.54, 1.807) is 6.07 Å². The Labute approximate surface area is 157 Å². The number of hydrogen-bond donors (Lipinski definition) is 3. The highest BCUT2D eigenvalue weighted by atomic mass is 35.5. The fourth-order valence-corrected chi connectivity index (χ4v) is 3.89. The Morgan fingerprint density at radius 3 is 2.65 bits per heavy atom. The number of hydrazine groups is 1. The number of imide groups is 1. The summed E-state index contributed by atoms with van der Waals surface area (Å²) in [7, 11) is 1.86. The zero-order valence-electron chi connectivity index (χ0n) is 14.8. The summed E-state index contributed by atoms with van der Waals surface area (Å²) in [6.45, 7) is 0.687. The quantitative estimate of drug-likeness (QED) is 0.656. The lowest BCUT2D eigenvalue weighted by Crippen LogP contribution is -3.09. The summed E-state index contributed by atoms with van der Waals surface area (Å²) in [6.07, 6.45) is 4.12. The van der Waals surface area contributed by atoms with Gasteiger partial charge < -0.3 is 10.2 Å². The van der Waals surface area contributed by atoms with Crippen molar-refractivity contribution >= 4 is 29.4 Å². The maximum Gasteiger partial charge on any atom is 0.344 e. The molecule has 1 aliphatic heterocycles. The van der Waals surface area contributed by atoms with Gasteiger partial charge in [-0.25, -0.2) is 4.79 Å². The lowest BCUT2D eigenvalue weighted by atomic mass is 9.82. The van der Waals surface area contributed by atoms with E-state index in [1.165, 1.54) is 0 Å². The van der Waals surface area contributed by atoms with Gasteiger partial charge in [-0.15, -0.1) is 0 Å². The van der Waals surface area contributed by atoms with Gasteiger partial charge in [0.05, 0.1) is 7.05 Å². The second-order valence-corrected chi connectivity index (χ2v) is 7.56. The number of rotatable bonds is 5. The number of halogens is 1. The number of carbonyl (C=O) groups excluding carboxylic acids is 3. The Hall–Kier alpha value is -2.12. The standard InChI is InChI=1S/C18H23ClN4O3/c1-22(11-13-7-3-4-8-14(13)19)12-15(24)21-23-16(25)18(20-17(23)26)9-5-2-6-10-18/h3-4,7-8H,2,5-6,9-12H2,1H3,(H,20,26)(H,21,24)/p+1. The summed E-state index contributed by atoms with van der Waals surface area (Å²) >= 11 is 6.14. The largest absolute Gasteiger partial charge is 0.344 e. The number of nitrogens with one attached hydrogen (secondary N) is 3. The van der Waals surface area contributed by atoms with Gasteiger partial charge in [-0.2, -0.15) is 5.01 Å². The van der Waals surface area contributed by atoms with Crippen molar-refractivity contribution in [2.45, 2.75) is 44.2 Å². The third kappa shape index (κ3) is 3.83. The van der Waals surface area contributed by atoms with E-state index in [1.807, 2.05) is 25.2 Å². The Kier molecular flexibility index (Phi) is 5.48. The molecule has 1 aromatic rings. The number of carbonyl (C=O) groups is 3. The fraction of sp³-hybridized carbons (Fsp3) is 0.500. The first kappa shape index (κ1) is 18.7. The minimum absolute atomic E-state index is 0.120. The van der Waals surface area contributed by atoms with Crippen LogP contribution in [-0.2, 0) is 16.1 Å². The minimum atomic E-state index is -0.834. The maximum absolute atomic E-state index is 12.7. The van der Waals surface area contributed by atoms with E-state index in [4.69, 9.17) is 11.6 Å². The lowest BCUT2D eigenvalue weighted by Gasteiger charge is -2.30. The average Bonchev–Trinajstić information content (AvgIpc) is 2.81. The van der Waals surface area contributed by atoms with Gasteiger partial charge in [-0.3, -0.25) is 15.0 Å². The molecule has 0 aromatic heterocycles. The van der Waals surface area contributed by atoms with Gasteiger partial charge in [0.15, 0.2) is 6.54 Å². The predicted molar refractivity (Wildman–Crippen MR) is 96.2 cm³/mol. The van der Waals surface area contributed by atoms with Crippen LogP contribution in [0.3, 0.4) is 0 Å². The molecular weight excluding hydrogens is 356 g/mol. The summed E-state index contributed by atoms with van der Waals surface area (Å²) in [6, 6.07) is 6.92. The molecular formula is C18H24ClN4O3+. The first-order chi connectivity index (χ1) is 12.4. The zero-order valence-corrected chi connectivity index (χ0v) is 15.6. The third-order valence-electron chi connectivity index (χ3n) is 5.02. The van der Waals surface area contributed by atoms with Crippen LogP contribution in [-0.4, -0.2) is 42.0 Å². The molecule has 1 heterocycles. The molecule has 26 heavy (non-hydrogen) atoms. The van der Waals surface area contributed by atoms with Crippen LogP contribution in [0.15, 0.2) is 24.3 Å². The molecule has 2 aliphatic rings. The van der Waals surface area contributed by atoms with Gasteiger partial charge >= 0.3 is 6.03 Å². The summed E-state index contributed by atoms with van der Waals surface area (Å²) in [5, 5.41) is 4.27. The van der Waals surface area contributed by atoms with Crippen molar-refractivity contribution in [2.24, 2.45) is 0 Å². The minimum Gasteiger partial charge on any atom is -0.326 e. The van der Waals surface area contributed by atoms with Crippen LogP contribution in [0.1, 0.15) is 37.7 Å². The maximum atomic E-state index is 12.7. The van der Waals surface area contributed by atoms with E-state index in [0.717, 1.165) is 34.7 Å². The van der Waals surface area contributed by atoms with E-state index in [2.05, 4.69) is 10.7 Å². The van der Waals surface area contributed by atoms with Crippen LogP contribution in [0.25, 0.3) is 0 Å². The number of amides is 4. The van der Waals surface area contributed by atoms with Gasteiger partial charge in [0.25, 0.3) is 11.8 Å². The SMILES string of the molecule is C[NH+](CC(=O)NN1C(=O)NC2(CCCCC2)C1=O)Cc1ccccc1Cl.